The van der Waals surface area contributed by atoms with Crippen LogP contribution in [0.3, 0.4) is 0 Å². The summed E-state index contributed by atoms with van der Waals surface area (Å²) in [5.41, 5.74) is 4.52. The van der Waals surface area contributed by atoms with E-state index in [2.05, 4.69) is 36.5 Å². The Balaban J connectivity index is 0.607. The number of piperidine rings is 2. The molecule has 0 radical (unpaired) electrons. The quantitative estimate of drug-likeness (QED) is 0.0196. The largest absolute Gasteiger partial charge is 0.494 e. The van der Waals surface area contributed by atoms with E-state index in [1.807, 2.05) is 59.5 Å². The van der Waals surface area contributed by atoms with Crippen LogP contribution in [0.15, 0.2) is 91.3 Å². The number of unbranched alkanes of at least 4 members (excludes halogenated alkanes) is 3. The summed E-state index contributed by atoms with van der Waals surface area (Å²) in [4.78, 5) is 72.8. The third-order valence-electron chi connectivity index (χ3n) is 14.2. The molecule has 4 aromatic rings. The van der Waals surface area contributed by atoms with Crippen molar-refractivity contribution in [2.24, 2.45) is 0 Å². The van der Waals surface area contributed by atoms with E-state index in [1.165, 1.54) is 0 Å². The highest BCUT2D eigenvalue weighted by molar-refractivity contribution is 6.10. The van der Waals surface area contributed by atoms with Crippen molar-refractivity contribution in [2.45, 2.75) is 82.5 Å². The second-order valence-electron chi connectivity index (χ2n) is 19.4. The predicted molar refractivity (Wildman–Crippen MR) is 287 cm³/mol. The number of carbonyl (C=O) groups excluding carboxylic acids is 5. The van der Waals surface area contributed by atoms with Crippen molar-refractivity contribution in [3.05, 3.63) is 119 Å². The zero-order chi connectivity index (χ0) is 53.1. The lowest BCUT2D eigenvalue weighted by Crippen LogP contribution is -2.58. The minimum Gasteiger partial charge on any atom is -0.494 e. The molecule has 0 saturated carbocycles. The summed E-state index contributed by atoms with van der Waals surface area (Å²) in [6.07, 6.45) is 9.31. The summed E-state index contributed by atoms with van der Waals surface area (Å²) in [5, 5.41) is 32.7. The molecule has 1 atom stereocenters. The van der Waals surface area contributed by atoms with E-state index in [0.717, 1.165) is 53.9 Å². The van der Waals surface area contributed by atoms with Gasteiger partial charge in [-0.25, -0.2) is 0 Å². The number of fused-ring (bicyclic) bond motifs is 1. The number of nitrogens with one attached hydrogen (secondary N) is 7. The highest BCUT2D eigenvalue weighted by Gasteiger charge is 2.40. The number of piperazine rings is 1. The SMILES string of the molecule is N=C(NC(=N)C1(Nc2cccc(C(=O)NCc3ccc(OCCCCCCOCCOCCOCCC(=O)N4CCN(c5ccc6c(c5)CN(C5CCC(=O)NC5=O)C6=O)CC4)cc3)c2)CCNCC1)c1ccncc1. The van der Waals surface area contributed by atoms with Crippen molar-refractivity contribution >= 4 is 52.6 Å². The highest BCUT2D eigenvalue weighted by Crippen LogP contribution is 2.31. The zero-order valence-corrected chi connectivity index (χ0v) is 43.2. The third kappa shape index (κ3) is 15.2. The average Bonchev–Trinajstić information content (AvgIpc) is 3.77. The molecule has 4 aliphatic heterocycles. The number of hydrogen-bond acceptors (Lipinski definition) is 15. The molecule has 5 heterocycles. The van der Waals surface area contributed by atoms with Crippen LogP contribution in [-0.2, 0) is 41.7 Å². The van der Waals surface area contributed by atoms with Crippen LogP contribution in [0.4, 0.5) is 11.4 Å². The number of carbonyl (C=O) groups is 5. The summed E-state index contributed by atoms with van der Waals surface area (Å²) in [7, 11) is 0. The van der Waals surface area contributed by atoms with Gasteiger partial charge in [0.05, 0.1) is 51.6 Å². The van der Waals surface area contributed by atoms with E-state index in [4.69, 9.17) is 29.8 Å². The monoisotopic (exact) mass is 1040 g/mol. The van der Waals surface area contributed by atoms with Crippen LogP contribution in [0.2, 0.25) is 0 Å². The summed E-state index contributed by atoms with van der Waals surface area (Å²) >= 11 is 0. The number of rotatable bonds is 26. The van der Waals surface area contributed by atoms with Gasteiger partial charge in [-0.3, -0.25) is 45.1 Å². The zero-order valence-electron chi connectivity index (χ0n) is 43.2. The lowest BCUT2D eigenvalue weighted by Gasteiger charge is -2.40. The molecule has 20 heteroatoms. The normalized spacial score (nSPS) is 17.2. The molecule has 76 heavy (non-hydrogen) atoms. The molecule has 3 fully saturated rings. The predicted octanol–water partition coefficient (Wildman–Crippen LogP) is 4.63. The van der Waals surface area contributed by atoms with Crippen molar-refractivity contribution in [3.8, 4) is 5.75 Å². The van der Waals surface area contributed by atoms with Crippen LogP contribution < -0.4 is 36.2 Å². The Bertz CT molecular complexity index is 2640. The summed E-state index contributed by atoms with van der Waals surface area (Å²) in [6, 6.07) is 23.6. The molecule has 1 aromatic heterocycles. The first kappa shape index (κ1) is 55.0. The molecule has 0 aliphatic carbocycles. The number of ether oxygens (including phenoxy) is 4. The van der Waals surface area contributed by atoms with Crippen LogP contribution in [0.5, 0.6) is 5.75 Å². The Morgan fingerprint density at radius 2 is 1.47 bits per heavy atom. The fourth-order valence-electron chi connectivity index (χ4n) is 9.81. The van der Waals surface area contributed by atoms with Crippen molar-refractivity contribution in [2.75, 3.05) is 95.7 Å². The Morgan fingerprint density at radius 3 is 2.21 bits per heavy atom. The fourth-order valence-corrected chi connectivity index (χ4v) is 9.81. The van der Waals surface area contributed by atoms with Gasteiger partial charge in [0.2, 0.25) is 17.7 Å². The molecular weight excluding hydrogens is 971 g/mol. The summed E-state index contributed by atoms with van der Waals surface area (Å²) in [6.45, 7) is 8.06. The number of hydrogen-bond donors (Lipinski definition) is 7. The molecule has 7 N–H and O–H groups in total. The Kier molecular flexibility index (Phi) is 19.9. The number of nitrogens with zero attached hydrogens (tertiary/aromatic N) is 4. The second-order valence-corrected chi connectivity index (χ2v) is 19.4. The first-order chi connectivity index (χ1) is 37.0. The number of pyridine rings is 1. The van der Waals surface area contributed by atoms with Gasteiger partial charge < -0.3 is 54.9 Å². The lowest BCUT2D eigenvalue weighted by atomic mass is 9.86. The second kappa shape index (κ2) is 27.5. The molecule has 8 rings (SSSR count). The average molecular weight is 1040 g/mol. The van der Waals surface area contributed by atoms with E-state index < -0.39 is 17.5 Å². The first-order valence-corrected chi connectivity index (χ1v) is 26.5. The van der Waals surface area contributed by atoms with Crippen LogP contribution in [-0.4, -0.2) is 153 Å². The Hall–Kier alpha value is -7.26. The van der Waals surface area contributed by atoms with Gasteiger partial charge in [0.1, 0.15) is 23.5 Å². The topological polar surface area (TPSA) is 253 Å². The van der Waals surface area contributed by atoms with Crippen molar-refractivity contribution in [1.82, 2.24) is 36.1 Å². The standard InChI is InChI=1S/C56H71N11O9/c57-51(41-16-21-59-22-17-41)63-55(58)56(19-23-60-24-20-56)64-44-7-5-6-42(36-44)52(70)61-38-40-8-11-46(12-9-40)76-30-4-2-1-3-29-73-32-34-75-35-33-74-31-18-50(69)66-27-25-65(26-28-66)45-10-13-47-43(37-45)39-67(54(47)72)48-14-15-49(68)62-53(48)71/h5-13,16-17,21-22,36-37,48,60,64H,1-4,14-15,18-20,23-35,38-39H2,(H,61,70)(H3,57,58,63)(H,62,68,71). The molecule has 5 amide bonds. The maximum absolute atomic E-state index is 13.2. The van der Waals surface area contributed by atoms with Gasteiger partial charge in [-0.15, -0.1) is 0 Å². The molecule has 0 spiro atoms. The highest BCUT2D eigenvalue weighted by atomic mass is 16.5. The van der Waals surface area contributed by atoms with Gasteiger partial charge in [-0.05, 0) is 123 Å². The molecule has 3 aromatic carbocycles. The van der Waals surface area contributed by atoms with E-state index in [-0.39, 0.29) is 41.7 Å². The van der Waals surface area contributed by atoms with Gasteiger partial charge in [-0.2, -0.15) is 0 Å². The van der Waals surface area contributed by atoms with Gasteiger partial charge in [-0.1, -0.05) is 24.6 Å². The molecule has 404 valence electrons. The van der Waals surface area contributed by atoms with E-state index in [0.29, 0.717) is 141 Å². The first-order valence-electron chi connectivity index (χ1n) is 26.5. The number of amidine groups is 2. The van der Waals surface area contributed by atoms with Crippen LogP contribution >= 0.6 is 0 Å². The molecule has 1 unspecified atom stereocenters. The fraction of sp³-hybridized carbons (Fsp3) is 0.464. The number of aromatic nitrogens is 1. The number of imide groups is 1. The van der Waals surface area contributed by atoms with Crippen LogP contribution in [0.1, 0.15) is 95.2 Å². The molecule has 0 bridgehead atoms. The van der Waals surface area contributed by atoms with E-state index in [1.54, 1.807) is 41.6 Å². The lowest BCUT2D eigenvalue weighted by molar-refractivity contribution is -0.137. The van der Waals surface area contributed by atoms with Crippen LogP contribution in [0, 0.1) is 10.8 Å². The van der Waals surface area contributed by atoms with Gasteiger partial charge in [0.15, 0.2) is 0 Å². The number of benzene rings is 3. The summed E-state index contributed by atoms with van der Waals surface area (Å²) < 4.78 is 23.0. The summed E-state index contributed by atoms with van der Waals surface area (Å²) in [5.74, 6) is 0.0475. The number of amides is 5. The maximum atomic E-state index is 13.2. The third-order valence-corrected chi connectivity index (χ3v) is 14.2. The molecule has 3 saturated heterocycles. The van der Waals surface area contributed by atoms with E-state index >= 15 is 0 Å². The maximum Gasteiger partial charge on any atom is 0.255 e. The van der Waals surface area contributed by atoms with Gasteiger partial charge in [0, 0.05) is 92.8 Å². The smallest absolute Gasteiger partial charge is 0.255 e. The van der Waals surface area contributed by atoms with Gasteiger partial charge in [0.25, 0.3) is 11.8 Å². The Labute approximate surface area is 444 Å². The minimum atomic E-state index is -0.734. The van der Waals surface area contributed by atoms with Crippen molar-refractivity contribution in [3.63, 3.8) is 0 Å². The van der Waals surface area contributed by atoms with Gasteiger partial charge >= 0.3 is 0 Å². The number of anilines is 2. The molecule has 20 nitrogen and oxygen atoms in total. The van der Waals surface area contributed by atoms with E-state index in [9.17, 15) is 24.0 Å². The molecular formula is C56H71N11O9. The Morgan fingerprint density at radius 1 is 0.763 bits per heavy atom. The van der Waals surface area contributed by atoms with Crippen molar-refractivity contribution in [1.29, 1.82) is 10.8 Å². The van der Waals surface area contributed by atoms with Crippen LogP contribution in [0.25, 0.3) is 0 Å². The van der Waals surface area contributed by atoms with Crippen molar-refractivity contribution < 1.29 is 42.9 Å². The minimum absolute atomic E-state index is 0.0550. The molecule has 4 aliphatic rings.